The van der Waals surface area contributed by atoms with Gasteiger partial charge in [-0.2, -0.15) is 0 Å². The Morgan fingerprint density at radius 3 is 2.67 bits per heavy atom. The number of nitrogens with zero attached hydrogens (tertiary/aromatic N) is 1. The number of aromatic nitrogens is 1. The summed E-state index contributed by atoms with van der Waals surface area (Å²) in [6, 6.07) is 3.50. The molecule has 1 aromatic heterocycles. The van der Waals surface area contributed by atoms with E-state index in [9.17, 15) is 0 Å². The SMILES string of the molecule is COc1cccnc1NC(C)(CO)CO. The number of ether oxygens (including phenoxy) is 1. The Morgan fingerprint density at radius 1 is 1.47 bits per heavy atom. The van der Waals surface area contributed by atoms with Gasteiger partial charge < -0.3 is 20.3 Å². The van der Waals surface area contributed by atoms with Crippen LogP contribution in [0, 0.1) is 0 Å². The van der Waals surface area contributed by atoms with E-state index >= 15 is 0 Å². The van der Waals surface area contributed by atoms with Crippen LogP contribution < -0.4 is 10.1 Å². The van der Waals surface area contributed by atoms with E-state index in [4.69, 9.17) is 14.9 Å². The van der Waals surface area contributed by atoms with Crippen LogP contribution in [0.4, 0.5) is 5.82 Å². The number of nitrogens with one attached hydrogen (secondary N) is 1. The molecule has 0 saturated heterocycles. The van der Waals surface area contributed by atoms with E-state index in [-0.39, 0.29) is 13.2 Å². The first-order chi connectivity index (χ1) is 7.15. The zero-order valence-electron chi connectivity index (χ0n) is 8.90. The highest BCUT2D eigenvalue weighted by Crippen LogP contribution is 2.23. The summed E-state index contributed by atoms with van der Waals surface area (Å²) < 4.78 is 5.09. The highest BCUT2D eigenvalue weighted by atomic mass is 16.5. The number of pyridine rings is 1. The first-order valence-corrected chi connectivity index (χ1v) is 4.64. The van der Waals surface area contributed by atoms with Crippen molar-refractivity contribution in [2.24, 2.45) is 0 Å². The van der Waals surface area contributed by atoms with Gasteiger partial charge in [-0.15, -0.1) is 0 Å². The molecule has 5 nitrogen and oxygen atoms in total. The van der Waals surface area contributed by atoms with Gasteiger partial charge in [-0.3, -0.25) is 0 Å². The molecular weight excluding hydrogens is 196 g/mol. The lowest BCUT2D eigenvalue weighted by molar-refractivity contribution is 0.147. The van der Waals surface area contributed by atoms with Crippen molar-refractivity contribution in [1.82, 2.24) is 4.98 Å². The van der Waals surface area contributed by atoms with Crippen LogP contribution >= 0.6 is 0 Å². The average Bonchev–Trinajstić information content (AvgIpc) is 2.29. The maximum atomic E-state index is 9.12. The Labute approximate surface area is 88.7 Å². The number of rotatable bonds is 5. The van der Waals surface area contributed by atoms with Gasteiger partial charge >= 0.3 is 0 Å². The minimum atomic E-state index is -0.804. The predicted octanol–water partition coefficient (Wildman–Crippen LogP) is 0.245. The molecule has 0 unspecified atom stereocenters. The molecule has 1 rings (SSSR count). The molecule has 0 radical (unpaired) electrons. The van der Waals surface area contributed by atoms with Gasteiger partial charge in [0.1, 0.15) is 0 Å². The summed E-state index contributed by atoms with van der Waals surface area (Å²) in [7, 11) is 1.54. The van der Waals surface area contributed by atoms with Crippen molar-refractivity contribution in [3.05, 3.63) is 18.3 Å². The lowest BCUT2D eigenvalue weighted by Crippen LogP contribution is -2.42. The second-order valence-electron chi connectivity index (χ2n) is 3.56. The molecular formula is C10H16N2O3. The Bertz CT molecular complexity index is 313. The minimum absolute atomic E-state index is 0.191. The van der Waals surface area contributed by atoms with E-state index in [1.54, 1.807) is 25.3 Å². The summed E-state index contributed by atoms with van der Waals surface area (Å²) in [6.45, 7) is 1.31. The van der Waals surface area contributed by atoms with E-state index in [1.165, 1.54) is 7.11 Å². The summed E-state index contributed by atoms with van der Waals surface area (Å²) in [5.74, 6) is 1.08. The summed E-state index contributed by atoms with van der Waals surface area (Å²) in [5, 5.41) is 21.2. The maximum Gasteiger partial charge on any atom is 0.169 e. The molecule has 1 aromatic rings. The van der Waals surface area contributed by atoms with Gasteiger partial charge in [0.2, 0.25) is 0 Å². The summed E-state index contributed by atoms with van der Waals surface area (Å²) in [6.07, 6.45) is 1.61. The van der Waals surface area contributed by atoms with Crippen LogP contribution in [-0.2, 0) is 0 Å². The van der Waals surface area contributed by atoms with Crippen molar-refractivity contribution < 1.29 is 14.9 Å². The van der Waals surface area contributed by atoms with Crippen LogP contribution in [0.15, 0.2) is 18.3 Å². The highest BCUT2D eigenvalue weighted by molar-refractivity contribution is 5.51. The fraction of sp³-hybridized carbons (Fsp3) is 0.500. The quantitative estimate of drug-likeness (QED) is 0.652. The molecule has 3 N–H and O–H groups in total. The Balaban J connectivity index is 2.87. The molecule has 0 aliphatic rings. The van der Waals surface area contributed by atoms with Crippen molar-refractivity contribution in [2.75, 3.05) is 25.6 Å². The third-order valence-electron chi connectivity index (χ3n) is 2.11. The summed E-state index contributed by atoms with van der Waals surface area (Å²) in [4.78, 5) is 4.07. The van der Waals surface area contributed by atoms with E-state index in [0.717, 1.165) is 0 Å². The van der Waals surface area contributed by atoms with Crippen LogP contribution in [0.2, 0.25) is 0 Å². The van der Waals surface area contributed by atoms with Crippen LogP contribution in [0.25, 0.3) is 0 Å². The molecule has 15 heavy (non-hydrogen) atoms. The number of aliphatic hydroxyl groups excluding tert-OH is 2. The van der Waals surface area contributed by atoms with Crippen LogP contribution in [0.3, 0.4) is 0 Å². The van der Waals surface area contributed by atoms with Crippen molar-refractivity contribution in [3.8, 4) is 5.75 Å². The normalized spacial score (nSPS) is 11.2. The molecule has 0 spiro atoms. The third kappa shape index (κ3) is 2.81. The molecule has 0 atom stereocenters. The molecule has 0 aromatic carbocycles. The van der Waals surface area contributed by atoms with Gasteiger partial charge in [0.15, 0.2) is 11.6 Å². The van der Waals surface area contributed by atoms with Gasteiger partial charge in [0.25, 0.3) is 0 Å². The number of aliphatic hydroxyl groups is 2. The summed E-state index contributed by atoms with van der Waals surface area (Å²) >= 11 is 0. The number of hydrogen-bond donors (Lipinski definition) is 3. The Hall–Kier alpha value is -1.33. The third-order valence-corrected chi connectivity index (χ3v) is 2.11. The number of hydrogen-bond acceptors (Lipinski definition) is 5. The maximum absolute atomic E-state index is 9.12. The van der Waals surface area contributed by atoms with Crippen LogP contribution in [0.1, 0.15) is 6.92 Å². The topological polar surface area (TPSA) is 74.6 Å². The largest absolute Gasteiger partial charge is 0.493 e. The Morgan fingerprint density at radius 2 is 2.13 bits per heavy atom. The van der Waals surface area contributed by atoms with Gasteiger partial charge in [-0.25, -0.2) is 4.98 Å². The first kappa shape index (κ1) is 11.7. The summed E-state index contributed by atoms with van der Waals surface area (Å²) in [5.41, 5.74) is -0.804. The molecule has 0 bridgehead atoms. The smallest absolute Gasteiger partial charge is 0.169 e. The number of methoxy groups -OCH3 is 1. The number of anilines is 1. The zero-order chi connectivity index (χ0) is 11.3. The Kier molecular flexibility index (Phi) is 3.88. The standard InChI is InChI=1S/C10H16N2O3/c1-10(6-13,7-14)12-9-8(15-2)4-3-5-11-9/h3-5,13-14H,6-7H2,1-2H3,(H,11,12). The molecule has 0 aliphatic heterocycles. The minimum Gasteiger partial charge on any atom is -0.493 e. The van der Waals surface area contributed by atoms with E-state index in [2.05, 4.69) is 10.3 Å². The van der Waals surface area contributed by atoms with Crippen molar-refractivity contribution >= 4 is 5.82 Å². The lowest BCUT2D eigenvalue weighted by Gasteiger charge is -2.27. The van der Waals surface area contributed by atoms with Crippen molar-refractivity contribution in [1.29, 1.82) is 0 Å². The molecule has 1 heterocycles. The van der Waals surface area contributed by atoms with E-state index < -0.39 is 5.54 Å². The van der Waals surface area contributed by atoms with E-state index in [1.807, 2.05) is 0 Å². The van der Waals surface area contributed by atoms with Crippen LogP contribution in [-0.4, -0.2) is 41.1 Å². The molecule has 0 amide bonds. The van der Waals surface area contributed by atoms with Gasteiger partial charge in [0.05, 0.1) is 25.9 Å². The predicted molar refractivity (Wildman–Crippen MR) is 57.0 cm³/mol. The fourth-order valence-corrected chi connectivity index (χ4v) is 1.06. The molecule has 0 aliphatic carbocycles. The van der Waals surface area contributed by atoms with Crippen molar-refractivity contribution in [2.45, 2.75) is 12.5 Å². The molecule has 0 saturated carbocycles. The van der Waals surface area contributed by atoms with Crippen LogP contribution in [0.5, 0.6) is 5.75 Å². The lowest BCUT2D eigenvalue weighted by atomic mass is 10.1. The average molecular weight is 212 g/mol. The fourth-order valence-electron chi connectivity index (χ4n) is 1.06. The highest BCUT2D eigenvalue weighted by Gasteiger charge is 2.23. The molecule has 5 heteroatoms. The van der Waals surface area contributed by atoms with Crippen molar-refractivity contribution in [3.63, 3.8) is 0 Å². The molecule has 0 fully saturated rings. The molecule has 84 valence electrons. The second-order valence-corrected chi connectivity index (χ2v) is 3.56. The van der Waals surface area contributed by atoms with Gasteiger partial charge in [-0.1, -0.05) is 0 Å². The van der Waals surface area contributed by atoms with Gasteiger partial charge in [0, 0.05) is 6.20 Å². The second kappa shape index (κ2) is 4.95. The first-order valence-electron chi connectivity index (χ1n) is 4.64. The zero-order valence-corrected chi connectivity index (χ0v) is 8.90. The van der Waals surface area contributed by atoms with E-state index in [0.29, 0.717) is 11.6 Å². The monoisotopic (exact) mass is 212 g/mol. The van der Waals surface area contributed by atoms with Gasteiger partial charge in [-0.05, 0) is 19.1 Å².